The van der Waals surface area contributed by atoms with Gasteiger partial charge in [0.1, 0.15) is 6.54 Å². The Labute approximate surface area is 107 Å². The van der Waals surface area contributed by atoms with E-state index < -0.39 is 5.97 Å². The molecule has 5 nitrogen and oxygen atoms in total. The standard InChI is InChI=1S/C11H22N2O3S/c1-8(2)5-13(6-10(14)15)11(16)12-9(3)7-17-4/h8-9H,5-7H2,1-4H3,(H,12,16)(H,14,15). The number of urea groups is 1. The molecular weight excluding hydrogens is 240 g/mol. The summed E-state index contributed by atoms with van der Waals surface area (Å²) in [6.45, 7) is 6.00. The topological polar surface area (TPSA) is 69.6 Å². The first-order chi connectivity index (χ1) is 7.86. The van der Waals surface area contributed by atoms with E-state index >= 15 is 0 Å². The minimum absolute atomic E-state index is 0.0426. The van der Waals surface area contributed by atoms with Crippen molar-refractivity contribution < 1.29 is 14.7 Å². The maximum absolute atomic E-state index is 11.8. The van der Waals surface area contributed by atoms with E-state index in [-0.39, 0.29) is 24.5 Å². The van der Waals surface area contributed by atoms with Gasteiger partial charge in [-0.05, 0) is 19.1 Å². The number of nitrogens with zero attached hydrogens (tertiary/aromatic N) is 1. The molecule has 2 N–H and O–H groups in total. The molecule has 0 rings (SSSR count). The van der Waals surface area contributed by atoms with Crippen LogP contribution in [-0.4, -0.2) is 53.1 Å². The molecule has 2 amide bonds. The van der Waals surface area contributed by atoms with Gasteiger partial charge in [0.05, 0.1) is 0 Å². The van der Waals surface area contributed by atoms with Gasteiger partial charge in [-0.15, -0.1) is 0 Å². The largest absolute Gasteiger partial charge is 0.480 e. The molecular formula is C11H22N2O3S. The summed E-state index contributed by atoms with van der Waals surface area (Å²) in [5.41, 5.74) is 0. The summed E-state index contributed by atoms with van der Waals surface area (Å²) >= 11 is 1.64. The molecule has 0 spiro atoms. The molecule has 0 radical (unpaired) electrons. The first-order valence-corrected chi connectivity index (χ1v) is 7.02. The molecule has 0 aliphatic heterocycles. The average Bonchev–Trinajstić information content (AvgIpc) is 2.15. The van der Waals surface area contributed by atoms with Gasteiger partial charge in [-0.25, -0.2) is 4.79 Å². The summed E-state index contributed by atoms with van der Waals surface area (Å²) in [5.74, 6) is 0.0724. The normalized spacial score (nSPS) is 12.3. The SMILES string of the molecule is CSCC(C)NC(=O)N(CC(=O)O)CC(C)C. The number of carbonyl (C=O) groups excluding carboxylic acids is 1. The fourth-order valence-electron chi connectivity index (χ4n) is 1.42. The molecule has 0 fully saturated rings. The molecule has 17 heavy (non-hydrogen) atoms. The highest BCUT2D eigenvalue weighted by Gasteiger charge is 2.19. The minimum Gasteiger partial charge on any atom is -0.480 e. The predicted molar refractivity (Wildman–Crippen MR) is 70.4 cm³/mol. The Morgan fingerprint density at radius 2 is 1.94 bits per heavy atom. The van der Waals surface area contributed by atoms with E-state index in [1.165, 1.54) is 4.90 Å². The number of rotatable bonds is 7. The summed E-state index contributed by atoms with van der Waals surface area (Å²) in [4.78, 5) is 23.9. The van der Waals surface area contributed by atoms with Crippen LogP contribution in [-0.2, 0) is 4.79 Å². The van der Waals surface area contributed by atoms with E-state index in [9.17, 15) is 9.59 Å². The van der Waals surface area contributed by atoms with Crippen molar-refractivity contribution in [2.75, 3.05) is 25.1 Å². The fraction of sp³-hybridized carbons (Fsp3) is 0.818. The zero-order chi connectivity index (χ0) is 13.4. The molecule has 0 aliphatic rings. The van der Waals surface area contributed by atoms with Gasteiger partial charge in [0, 0.05) is 18.3 Å². The molecule has 0 heterocycles. The molecule has 1 atom stereocenters. The third kappa shape index (κ3) is 7.90. The summed E-state index contributed by atoms with van der Waals surface area (Å²) in [6.07, 6.45) is 1.96. The zero-order valence-corrected chi connectivity index (χ0v) is 11.7. The molecule has 0 saturated carbocycles. The Hall–Kier alpha value is -0.910. The fourth-order valence-corrected chi connectivity index (χ4v) is 2.00. The number of nitrogens with one attached hydrogen (secondary N) is 1. The van der Waals surface area contributed by atoms with Crippen LogP contribution in [0.1, 0.15) is 20.8 Å². The van der Waals surface area contributed by atoms with Gasteiger partial charge in [0.2, 0.25) is 0 Å². The molecule has 0 aromatic carbocycles. The van der Waals surface area contributed by atoms with Crippen LogP contribution in [0.3, 0.4) is 0 Å². The second-order valence-electron chi connectivity index (χ2n) is 4.47. The minimum atomic E-state index is -0.988. The first kappa shape index (κ1) is 16.1. The van der Waals surface area contributed by atoms with Gasteiger partial charge < -0.3 is 15.3 Å². The predicted octanol–water partition coefficient (Wildman–Crippen LogP) is 1.49. The van der Waals surface area contributed by atoms with Gasteiger partial charge in [-0.2, -0.15) is 11.8 Å². The van der Waals surface area contributed by atoms with Gasteiger partial charge in [-0.1, -0.05) is 13.8 Å². The molecule has 0 aliphatic carbocycles. The second kappa shape index (κ2) is 8.22. The van der Waals surface area contributed by atoms with E-state index in [0.717, 1.165) is 5.75 Å². The molecule has 6 heteroatoms. The number of thioether (sulfide) groups is 1. The van der Waals surface area contributed by atoms with Crippen molar-refractivity contribution in [3.05, 3.63) is 0 Å². The van der Waals surface area contributed by atoms with Crippen molar-refractivity contribution in [3.8, 4) is 0 Å². The quantitative estimate of drug-likeness (QED) is 0.729. The summed E-state index contributed by atoms with van der Waals surface area (Å²) in [6, 6.07) is -0.261. The van der Waals surface area contributed by atoms with Gasteiger partial charge in [0.15, 0.2) is 0 Å². The van der Waals surface area contributed by atoms with Crippen molar-refractivity contribution in [2.24, 2.45) is 5.92 Å². The highest BCUT2D eigenvalue weighted by atomic mass is 32.2. The van der Waals surface area contributed by atoms with E-state index in [1.807, 2.05) is 27.0 Å². The lowest BCUT2D eigenvalue weighted by molar-refractivity contribution is -0.137. The Bertz CT molecular complexity index is 259. The lowest BCUT2D eigenvalue weighted by atomic mass is 10.2. The summed E-state index contributed by atoms with van der Waals surface area (Å²) in [7, 11) is 0. The molecule has 0 saturated heterocycles. The van der Waals surface area contributed by atoms with Crippen LogP contribution in [0.2, 0.25) is 0 Å². The van der Waals surface area contributed by atoms with E-state index in [1.54, 1.807) is 11.8 Å². The van der Waals surface area contributed by atoms with E-state index in [0.29, 0.717) is 6.54 Å². The molecule has 0 aromatic heterocycles. The van der Waals surface area contributed by atoms with Crippen LogP contribution in [0, 0.1) is 5.92 Å². The number of hydrogen-bond donors (Lipinski definition) is 2. The number of carboxylic acids is 1. The van der Waals surface area contributed by atoms with Crippen LogP contribution in [0.5, 0.6) is 0 Å². The van der Waals surface area contributed by atoms with Gasteiger partial charge in [0.25, 0.3) is 0 Å². The lowest BCUT2D eigenvalue weighted by Crippen LogP contribution is -2.47. The molecule has 100 valence electrons. The molecule has 1 unspecified atom stereocenters. The van der Waals surface area contributed by atoms with Crippen LogP contribution in [0.4, 0.5) is 4.79 Å². The highest BCUT2D eigenvalue weighted by molar-refractivity contribution is 7.98. The number of hydrogen-bond acceptors (Lipinski definition) is 3. The van der Waals surface area contributed by atoms with Crippen LogP contribution >= 0.6 is 11.8 Å². The third-order valence-electron chi connectivity index (χ3n) is 1.99. The van der Waals surface area contributed by atoms with Crippen LogP contribution < -0.4 is 5.32 Å². The van der Waals surface area contributed by atoms with E-state index in [2.05, 4.69) is 5.32 Å². The first-order valence-electron chi connectivity index (χ1n) is 5.63. The maximum Gasteiger partial charge on any atom is 0.323 e. The lowest BCUT2D eigenvalue weighted by Gasteiger charge is -2.25. The third-order valence-corrected chi connectivity index (χ3v) is 2.82. The highest BCUT2D eigenvalue weighted by Crippen LogP contribution is 2.01. The maximum atomic E-state index is 11.8. The Kier molecular flexibility index (Phi) is 7.78. The Morgan fingerprint density at radius 1 is 1.35 bits per heavy atom. The van der Waals surface area contributed by atoms with Crippen molar-refractivity contribution in [1.29, 1.82) is 0 Å². The Balaban J connectivity index is 4.35. The van der Waals surface area contributed by atoms with Crippen molar-refractivity contribution >= 4 is 23.8 Å². The average molecular weight is 262 g/mol. The monoisotopic (exact) mass is 262 g/mol. The van der Waals surface area contributed by atoms with Crippen molar-refractivity contribution in [3.63, 3.8) is 0 Å². The Morgan fingerprint density at radius 3 is 2.35 bits per heavy atom. The summed E-state index contributed by atoms with van der Waals surface area (Å²) < 4.78 is 0. The van der Waals surface area contributed by atoms with Crippen molar-refractivity contribution in [1.82, 2.24) is 10.2 Å². The number of carbonyl (C=O) groups is 2. The number of carboxylic acid groups (broad SMARTS) is 1. The zero-order valence-electron chi connectivity index (χ0n) is 10.9. The smallest absolute Gasteiger partial charge is 0.323 e. The molecule has 0 bridgehead atoms. The van der Waals surface area contributed by atoms with Crippen molar-refractivity contribution in [2.45, 2.75) is 26.8 Å². The van der Waals surface area contributed by atoms with Gasteiger partial charge >= 0.3 is 12.0 Å². The summed E-state index contributed by atoms with van der Waals surface area (Å²) in [5, 5.41) is 11.6. The van der Waals surface area contributed by atoms with Crippen LogP contribution in [0.15, 0.2) is 0 Å². The van der Waals surface area contributed by atoms with Crippen LogP contribution in [0.25, 0.3) is 0 Å². The number of amides is 2. The second-order valence-corrected chi connectivity index (χ2v) is 5.38. The van der Waals surface area contributed by atoms with Gasteiger partial charge in [-0.3, -0.25) is 4.79 Å². The molecule has 0 aromatic rings. The van der Waals surface area contributed by atoms with E-state index in [4.69, 9.17) is 5.11 Å². The number of aliphatic carboxylic acids is 1.